The maximum atomic E-state index is 7.07. The molecule has 10 rings (SSSR count). The molecule has 4 atom stereocenters. The lowest BCUT2D eigenvalue weighted by molar-refractivity contribution is 0.106. The monoisotopic (exact) mass is 772 g/mol. The molecule has 6 aromatic rings. The summed E-state index contributed by atoms with van der Waals surface area (Å²) in [5.41, 5.74) is 13.9. The van der Waals surface area contributed by atoms with Crippen LogP contribution in [0.2, 0.25) is 0 Å². The van der Waals surface area contributed by atoms with E-state index in [4.69, 9.17) is 22.2 Å². The summed E-state index contributed by atoms with van der Waals surface area (Å²) < 4.78 is 38.9. The number of rotatable bonds is 6. The van der Waals surface area contributed by atoms with Crippen molar-refractivity contribution >= 4 is 49.4 Å². The molecule has 2 heterocycles. The maximum absolute atomic E-state index is 7.07. The van der Waals surface area contributed by atoms with Crippen molar-refractivity contribution in [3.8, 4) is 5.75 Å². The van der Waals surface area contributed by atoms with Gasteiger partial charge in [-0.25, -0.2) is 9.34 Å². The summed E-state index contributed by atoms with van der Waals surface area (Å²) in [6, 6.07) is 26.8. The molecule has 284 valence electrons. The minimum absolute atomic E-state index is 0.0690. The van der Waals surface area contributed by atoms with E-state index in [0.717, 1.165) is 72.0 Å². The summed E-state index contributed by atoms with van der Waals surface area (Å²) >= 11 is 0. The quantitative estimate of drug-likeness (QED) is 0.156. The number of nitrogens with zero attached hydrogens (tertiary/aromatic N) is 2. The zero-order chi connectivity index (χ0) is 37.2. The lowest BCUT2D eigenvalue weighted by Crippen LogP contribution is -2.29. The molecule has 0 bridgehead atoms. The number of hydrogen-bond donors (Lipinski definition) is 0. The molecule has 1 aliphatic heterocycles. The van der Waals surface area contributed by atoms with Gasteiger partial charge in [0.25, 0.3) is 0 Å². The normalized spacial score (nSPS) is 20.8. The number of benzene rings is 5. The van der Waals surface area contributed by atoms with Gasteiger partial charge in [-0.15, -0.1) is 0 Å². The van der Waals surface area contributed by atoms with E-state index < -0.39 is 16.7 Å². The zero-order valence-electron chi connectivity index (χ0n) is 32.4. The van der Waals surface area contributed by atoms with E-state index in [1.54, 1.807) is 0 Å². The average molecular weight is 773 g/mol. The van der Waals surface area contributed by atoms with Gasteiger partial charge >= 0.3 is 16.7 Å². The molecule has 0 radical (unpaired) electrons. The summed E-state index contributed by atoms with van der Waals surface area (Å²) in [6.45, 7) is 0.825. The summed E-state index contributed by atoms with van der Waals surface area (Å²) in [5, 5.41) is 4.71. The van der Waals surface area contributed by atoms with E-state index >= 15 is 0 Å². The minimum atomic E-state index is -1.39. The van der Waals surface area contributed by atoms with Crippen molar-refractivity contribution < 1.29 is 22.2 Å². The molecule has 3 aliphatic carbocycles. The predicted molar refractivity (Wildman–Crippen MR) is 225 cm³/mol. The van der Waals surface area contributed by atoms with Crippen LogP contribution in [0.4, 0.5) is 0 Å². The van der Waals surface area contributed by atoms with Crippen LogP contribution in [0.25, 0.3) is 32.7 Å². The Bertz CT molecular complexity index is 2490. The minimum Gasteiger partial charge on any atom is -0.435 e. The number of fused-ring (bicyclic) bond motifs is 14. The SMILES string of the molecule is CN(C)P1Oc2c(COCc3cc4ccccc4c4c3op(N(C)C)oc3ccc5c(c34)CCCC5)cc3c(c2[C@H]2c4ccccc4CC[C@H]2O1)CCCC3. The number of ether oxygens (including phenoxy) is 1. The smallest absolute Gasteiger partial charge is 0.320 e. The van der Waals surface area contributed by atoms with Gasteiger partial charge in [0.05, 0.1) is 19.3 Å². The Morgan fingerprint density at radius 1 is 0.691 bits per heavy atom. The van der Waals surface area contributed by atoms with Crippen LogP contribution >= 0.6 is 16.7 Å². The summed E-state index contributed by atoms with van der Waals surface area (Å²) in [6.07, 6.45) is 11.2. The predicted octanol–water partition coefficient (Wildman–Crippen LogP) is 11.8. The molecule has 7 nitrogen and oxygen atoms in total. The molecule has 0 amide bonds. The van der Waals surface area contributed by atoms with Crippen molar-refractivity contribution in [2.24, 2.45) is 0 Å². The third-order valence-electron chi connectivity index (χ3n) is 12.2. The molecule has 55 heavy (non-hydrogen) atoms. The van der Waals surface area contributed by atoms with Crippen molar-refractivity contribution in [1.29, 1.82) is 0 Å². The third-order valence-corrected chi connectivity index (χ3v) is 15.0. The van der Waals surface area contributed by atoms with Gasteiger partial charge in [-0.2, -0.15) is 0 Å². The fraction of sp³-hybridized carbons (Fsp3) is 0.391. The van der Waals surface area contributed by atoms with Gasteiger partial charge in [0, 0.05) is 47.5 Å². The Labute approximate surface area is 326 Å². The summed E-state index contributed by atoms with van der Waals surface area (Å²) in [7, 11) is 5.54. The molecule has 0 saturated carbocycles. The zero-order valence-corrected chi connectivity index (χ0v) is 34.2. The molecular formula is C46H50N2O5P2. The molecule has 0 fully saturated rings. The topological polar surface area (TPSA) is 60.5 Å². The van der Waals surface area contributed by atoms with E-state index in [1.807, 2.05) is 14.1 Å². The Kier molecular flexibility index (Phi) is 9.54. The first-order chi connectivity index (χ1) is 26.9. The highest BCUT2D eigenvalue weighted by molar-refractivity contribution is 7.45. The van der Waals surface area contributed by atoms with E-state index in [1.165, 1.54) is 80.8 Å². The molecule has 0 spiro atoms. The Hall–Kier alpha value is -3.67. The molecule has 9 heteroatoms. The van der Waals surface area contributed by atoms with E-state index in [2.05, 4.69) is 96.2 Å². The van der Waals surface area contributed by atoms with E-state index in [0.29, 0.717) is 13.2 Å². The van der Waals surface area contributed by atoms with Crippen LogP contribution in [-0.2, 0) is 54.6 Å². The van der Waals surface area contributed by atoms with Crippen LogP contribution in [-0.4, -0.2) is 39.0 Å². The van der Waals surface area contributed by atoms with Crippen LogP contribution in [0.15, 0.2) is 81.2 Å². The highest BCUT2D eigenvalue weighted by Gasteiger charge is 2.42. The van der Waals surface area contributed by atoms with Crippen LogP contribution in [0.3, 0.4) is 0 Å². The number of hydrogen-bond acceptors (Lipinski definition) is 7. The summed E-state index contributed by atoms with van der Waals surface area (Å²) in [4.78, 5) is 0. The van der Waals surface area contributed by atoms with Gasteiger partial charge < -0.3 is 22.2 Å². The molecular weight excluding hydrogens is 722 g/mol. The largest absolute Gasteiger partial charge is 0.435 e. The van der Waals surface area contributed by atoms with Gasteiger partial charge in [-0.3, -0.25) is 0 Å². The second kappa shape index (κ2) is 14.7. The first-order valence-corrected chi connectivity index (χ1v) is 22.4. The highest BCUT2D eigenvalue weighted by Crippen LogP contribution is 2.57. The lowest BCUT2D eigenvalue weighted by atomic mass is 9.72. The fourth-order valence-corrected chi connectivity index (χ4v) is 12.0. The fourth-order valence-electron chi connectivity index (χ4n) is 9.72. The van der Waals surface area contributed by atoms with Crippen molar-refractivity contribution in [1.82, 2.24) is 4.67 Å². The third kappa shape index (κ3) is 6.33. The van der Waals surface area contributed by atoms with Crippen molar-refractivity contribution in [3.63, 3.8) is 0 Å². The second-order valence-electron chi connectivity index (χ2n) is 16.2. The van der Waals surface area contributed by atoms with Gasteiger partial charge in [0.1, 0.15) is 16.9 Å². The van der Waals surface area contributed by atoms with Crippen molar-refractivity contribution in [3.05, 3.63) is 123 Å². The molecule has 1 aromatic heterocycles. The van der Waals surface area contributed by atoms with Crippen LogP contribution in [0.5, 0.6) is 5.75 Å². The Balaban J connectivity index is 1.12. The van der Waals surface area contributed by atoms with Crippen LogP contribution in [0, 0.1) is 0 Å². The Morgan fingerprint density at radius 2 is 1.45 bits per heavy atom. The lowest BCUT2D eigenvalue weighted by Gasteiger charge is -2.35. The van der Waals surface area contributed by atoms with Gasteiger partial charge in [-0.1, -0.05) is 54.6 Å². The van der Waals surface area contributed by atoms with Gasteiger partial charge in [0.2, 0.25) is 0 Å². The van der Waals surface area contributed by atoms with Crippen molar-refractivity contribution in [2.75, 3.05) is 32.9 Å². The number of aryl methyl sites for hydroxylation is 4. The van der Waals surface area contributed by atoms with Gasteiger partial charge in [0.15, 0.2) is 0 Å². The average Bonchev–Trinajstić information content (AvgIpc) is 3.51. The van der Waals surface area contributed by atoms with Crippen LogP contribution < -0.4 is 9.19 Å². The van der Waals surface area contributed by atoms with Gasteiger partial charge in [-0.05, 0) is 141 Å². The van der Waals surface area contributed by atoms with Crippen molar-refractivity contribution in [2.45, 2.75) is 89.4 Å². The molecule has 4 aliphatic rings. The maximum Gasteiger partial charge on any atom is 0.320 e. The first-order valence-electron chi connectivity index (χ1n) is 20.1. The molecule has 5 aromatic carbocycles. The standard InChI is InChI=1S/C46H50N2O5P2/c1-47(2)54-50-39-23-21-29-13-5-9-17-35(29)41(39)43-37-19-11-7-15-31(37)25-33(45(43)52-54)27-49-28-34-26-32-16-8-12-20-38(32)44-42-36-18-10-6-14-30(36)22-24-40(42)51-55(48(3)4)53-46(34)44/h5,8-9,12-13,16-17,20,22,24-26,39,41H,6-7,10-11,14-15,18-19,21,23,27-28H2,1-4H3/t39-,41+,54?,55?/m1/s1. The molecule has 0 saturated heterocycles. The molecule has 0 N–H and O–H groups in total. The highest BCUT2D eigenvalue weighted by atomic mass is 31.2. The van der Waals surface area contributed by atoms with Crippen LogP contribution in [0.1, 0.15) is 88.1 Å². The van der Waals surface area contributed by atoms with E-state index in [-0.39, 0.29) is 12.0 Å². The summed E-state index contributed by atoms with van der Waals surface area (Å²) in [5.74, 6) is 1.11. The Morgan fingerprint density at radius 3 is 2.31 bits per heavy atom. The molecule has 2 unspecified atom stereocenters. The van der Waals surface area contributed by atoms with E-state index in [9.17, 15) is 0 Å². The second-order valence-corrected chi connectivity index (χ2v) is 19.5. The first kappa shape index (κ1) is 35.7.